The van der Waals surface area contributed by atoms with E-state index in [0.29, 0.717) is 24.7 Å². The molecule has 1 saturated heterocycles. The zero-order valence-corrected chi connectivity index (χ0v) is 16.2. The van der Waals surface area contributed by atoms with Gasteiger partial charge in [-0.1, -0.05) is 30.3 Å². The maximum Gasteiger partial charge on any atom is 0.273 e. The smallest absolute Gasteiger partial charge is 0.273 e. The second-order valence-electron chi connectivity index (χ2n) is 5.97. The number of benzene rings is 1. The number of pyridine rings is 1. The molecule has 1 aliphatic heterocycles. The topological polar surface area (TPSA) is 55.3 Å². The van der Waals surface area contributed by atoms with Crippen molar-refractivity contribution in [2.45, 2.75) is 12.5 Å². The fourth-order valence-electron chi connectivity index (χ4n) is 2.87. The van der Waals surface area contributed by atoms with Gasteiger partial charge in [-0.25, -0.2) is 9.97 Å². The van der Waals surface area contributed by atoms with E-state index in [-0.39, 0.29) is 12.0 Å². The maximum atomic E-state index is 12.7. The zero-order chi connectivity index (χ0) is 17.9. The fourth-order valence-corrected chi connectivity index (χ4v) is 4.02. The second kappa shape index (κ2) is 7.55. The van der Waals surface area contributed by atoms with Gasteiger partial charge in [-0.3, -0.25) is 4.79 Å². The van der Waals surface area contributed by atoms with E-state index in [4.69, 9.17) is 4.74 Å². The van der Waals surface area contributed by atoms with Gasteiger partial charge in [-0.2, -0.15) is 0 Å². The number of aromatic nitrogens is 2. The number of likely N-dealkylation sites (tertiary alicyclic amines) is 1. The average molecular weight is 430 g/mol. The highest BCUT2D eigenvalue weighted by molar-refractivity contribution is 9.10. The minimum atomic E-state index is -0.0580. The van der Waals surface area contributed by atoms with E-state index in [2.05, 4.69) is 25.9 Å². The number of ether oxygens (including phenoxy) is 1. The molecule has 1 unspecified atom stereocenters. The Bertz CT molecular complexity index is 916. The number of nitrogens with zero attached hydrogens (tertiary/aromatic N) is 3. The van der Waals surface area contributed by atoms with Crippen molar-refractivity contribution in [3.05, 3.63) is 64.2 Å². The highest BCUT2D eigenvalue weighted by atomic mass is 79.9. The van der Waals surface area contributed by atoms with Gasteiger partial charge in [0.2, 0.25) is 5.88 Å². The number of carbonyl (C=O) groups is 1. The molecule has 1 fully saturated rings. The van der Waals surface area contributed by atoms with Crippen molar-refractivity contribution in [2.75, 3.05) is 13.1 Å². The summed E-state index contributed by atoms with van der Waals surface area (Å²) in [5, 5.41) is 2.69. The number of halogens is 1. The van der Waals surface area contributed by atoms with Gasteiger partial charge in [0, 0.05) is 30.1 Å². The highest BCUT2D eigenvalue weighted by Crippen LogP contribution is 2.27. The van der Waals surface area contributed by atoms with E-state index < -0.39 is 0 Å². The van der Waals surface area contributed by atoms with Crippen LogP contribution in [0.3, 0.4) is 0 Å². The second-order valence-corrected chi connectivity index (χ2v) is 7.69. The first-order valence-electron chi connectivity index (χ1n) is 8.28. The van der Waals surface area contributed by atoms with E-state index >= 15 is 0 Å². The largest absolute Gasteiger partial charge is 0.472 e. The molecule has 5 nitrogen and oxygen atoms in total. The first-order valence-corrected chi connectivity index (χ1v) is 9.95. The van der Waals surface area contributed by atoms with Crippen molar-refractivity contribution in [1.29, 1.82) is 0 Å². The average Bonchev–Trinajstić information content (AvgIpc) is 3.34. The summed E-state index contributed by atoms with van der Waals surface area (Å²) in [5.74, 6) is 0.515. The molecule has 7 heteroatoms. The number of amides is 1. The van der Waals surface area contributed by atoms with Crippen molar-refractivity contribution < 1.29 is 9.53 Å². The van der Waals surface area contributed by atoms with Gasteiger partial charge in [-0.15, -0.1) is 11.3 Å². The molecule has 3 heterocycles. The predicted molar refractivity (Wildman–Crippen MR) is 104 cm³/mol. The third-order valence-corrected chi connectivity index (χ3v) is 5.67. The summed E-state index contributed by atoms with van der Waals surface area (Å²) >= 11 is 4.92. The van der Waals surface area contributed by atoms with Crippen LogP contribution >= 0.6 is 27.3 Å². The lowest BCUT2D eigenvalue weighted by Crippen LogP contribution is -2.31. The van der Waals surface area contributed by atoms with E-state index in [9.17, 15) is 4.79 Å². The Hall–Kier alpha value is -2.25. The molecular formula is C19H16BrN3O2S. The molecule has 2 aromatic heterocycles. The van der Waals surface area contributed by atoms with Crippen molar-refractivity contribution in [3.63, 3.8) is 0 Å². The van der Waals surface area contributed by atoms with E-state index in [1.54, 1.807) is 11.1 Å². The van der Waals surface area contributed by atoms with E-state index in [1.165, 1.54) is 11.3 Å². The van der Waals surface area contributed by atoms with Crippen LogP contribution < -0.4 is 4.74 Å². The lowest BCUT2D eigenvalue weighted by atomic mass is 10.2. The lowest BCUT2D eigenvalue weighted by molar-refractivity contribution is 0.0766. The van der Waals surface area contributed by atoms with Crippen LogP contribution in [0.4, 0.5) is 0 Å². The molecule has 1 atom stereocenters. The summed E-state index contributed by atoms with van der Waals surface area (Å²) in [6.07, 6.45) is 2.42. The molecule has 1 amide bonds. The summed E-state index contributed by atoms with van der Waals surface area (Å²) < 4.78 is 6.74. The Morgan fingerprint density at radius 2 is 2.08 bits per heavy atom. The standard InChI is InChI=1S/C19H16BrN3O2S/c20-15-7-4-9-21-17(15)25-14-8-10-23(11-14)19(24)16-12-26-18(22-16)13-5-2-1-3-6-13/h1-7,9,12,14H,8,10-11H2. The Morgan fingerprint density at radius 3 is 2.88 bits per heavy atom. The third-order valence-electron chi connectivity index (χ3n) is 4.18. The van der Waals surface area contributed by atoms with Crippen LogP contribution in [0.15, 0.2) is 58.5 Å². The van der Waals surface area contributed by atoms with Gasteiger partial charge in [-0.05, 0) is 28.1 Å². The van der Waals surface area contributed by atoms with Crippen LogP contribution in [0.2, 0.25) is 0 Å². The Balaban J connectivity index is 1.42. The Morgan fingerprint density at radius 1 is 1.23 bits per heavy atom. The monoisotopic (exact) mass is 429 g/mol. The number of hydrogen-bond acceptors (Lipinski definition) is 5. The summed E-state index contributed by atoms with van der Waals surface area (Å²) in [5.41, 5.74) is 1.52. The lowest BCUT2D eigenvalue weighted by Gasteiger charge is -2.16. The molecule has 0 bridgehead atoms. The number of rotatable bonds is 4. The molecule has 0 spiro atoms. The van der Waals surface area contributed by atoms with Crippen LogP contribution in [0.1, 0.15) is 16.9 Å². The normalized spacial score (nSPS) is 16.7. The summed E-state index contributed by atoms with van der Waals surface area (Å²) in [7, 11) is 0. The summed E-state index contributed by atoms with van der Waals surface area (Å²) in [4.78, 5) is 23.3. The molecule has 4 rings (SSSR count). The maximum absolute atomic E-state index is 12.7. The molecule has 0 N–H and O–H groups in total. The van der Waals surface area contributed by atoms with Gasteiger partial charge in [0.1, 0.15) is 16.8 Å². The van der Waals surface area contributed by atoms with Crippen LogP contribution in [0.25, 0.3) is 10.6 Å². The first kappa shape index (κ1) is 17.2. The van der Waals surface area contributed by atoms with Crippen LogP contribution in [0.5, 0.6) is 5.88 Å². The number of carbonyl (C=O) groups excluding carboxylic acids is 1. The summed E-state index contributed by atoms with van der Waals surface area (Å²) in [6.45, 7) is 1.20. The number of hydrogen-bond donors (Lipinski definition) is 0. The fraction of sp³-hybridized carbons (Fsp3) is 0.211. The minimum Gasteiger partial charge on any atom is -0.472 e. The van der Waals surface area contributed by atoms with E-state index in [1.807, 2.05) is 47.8 Å². The molecule has 132 valence electrons. The van der Waals surface area contributed by atoms with Crippen molar-refractivity contribution in [1.82, 2.24) is 14.9 Å². The molecular weight excluding hydrogens is 414 g/mol. The van der Waals surface area contributed by atoms with Crippen LogP contribution in [0, 0.1) is 0 Å². The first-order chi connectivity index (χ1) is 12.7. The molecule has 1 aromatic carbocycles. The molecule has 0 radical (unpaired) electrons. The Labute approximate surface area is 163 Å². The quantitative estimate of drug-likeness (QED) is 0.621. The zero-order valence-electron chi connectivity index (χ0n) is 13.8. The molecule has 1 aliphatic rings. The van der Waals surface area contributed by atoms with Gasteiger partial charge in [0.15, 0.2) is 0 Å². The molecule has 0 saturated carbocycles. The van der Waals surface area contributed by atoms with E-state index in [0.717, 1.165) is 21.5 Å². The molecule has 26 heavy (non-hydrogen) atoms. The van der Waals surface area contributed by atoms with Gasteiger partial charge in [0.05, 0.1) is 11.0 Å². The molecule has 0 aliphatic carbocycles. The minimum absolute atomic E-state index is 0.0467. The number of thiazole rings is 1. The summed E-state index contributed by atoms with van der Waals surface area (Å²) in [6, 6.07) is 13.6. The predicted octanol–water partition coefficient (Wildman–Crippen LogP) is 4.26. The highest BCUT2D eigenvalue weighted by Gasteiger charge is 2.30. The van der Waals surface area contributed by atoms with Gasteiger partial charge in [0.25, 0.3) is 5.91 Å². The SMILES string of the molecule is O=C(c1csc(-c2ccccc2)n1)N1CCC(Oc2ncccc2Br)C1. The van der Waals surface area contributed by atoms with Crippen molar-refractivity contribution in [2.24, 2.45) is 0 Å². The Kier molecular flexibility index (Phi) is 4.99. The third kappa shape index (κ3) is 3.64. The molecule has 3 aromatic rings. The van der Waals surface area contributed by atoms with Crippen molar-refractivity contribution in [3.8, 4) is 16.5 Å². The van der Waals surface area contributed by atoms with Gasteiger partial charge >= 0.3 is 0 Å². The van der Waals surface area contributed by atoms with Crippen molar-refractivity contribution >= 4 is 33.2 Å². The van der Waals surface area contributed by atoms with Gasteiger partial charge < -0.3 is 9.64 Å². The van der Waals surface area contributed by atoms with Crippen LogP contribution in [-0.2, 0) is 0 Å². The van der Waals surface area contributed by atoms with Crippen LogP contribution in [-0.4, -0.2) is 40.0 Å².